The first kappa shape index (κ1) is 11.2. The molecule has 0 fully saturated rings. The highest BCUT2D eigenvalue weighted by atomic mass is 16.4. The van der Waals surface area contributed by atoms with Crippen molar-refractivity contribution in [2.75, 3.05) is 0 Å². The second-order valence-electron chi connectivity index (χ2n) is 3.74. The minimum Gasteiger partial charge on any atom is -0.465 e. The number of rotatable bonds is 3. The molecule has 0 saturated carbocycles. The number of nitrogens with zero attached hydrogens (tertiary/aromatic N) is 1. The summed E-state index contributed by atoms with van der Waals surface area (Å²) < 4.78 is 0. The SMILES string of the molecule is Cc1[nH]cnc1-c1cccc(CNC(=O)O)c1. The number of aromatic amines is 1. The van der Waals surface area contributed by atoms with Gasteiger partial charge in [0.25, 0.3) is 0 Å². The van der Waals surface area contributed by atoms with Crippen LogP contribution in [0.1, 0.15) is 11.3 Å². The van der Waals surface area contributed by atoms with Crippen LogP contribution in [0.15, 0.2) is 30.6 Å². The first-order chi connectivity index (χ1) is 8.16. The molecule has 3 N–H and O–H groups in total. The summed E-state index contributed by atoms with van der Waals surface area (Å²) in [7, 11) is 0. The van der Waals surface area contributed by atoms with Crippen LogP contribution in [-0.2, 0) is 6.54 Å². The lowest BCUT2D eigenvalue weighted by Gasteiger charge is -2.04. The minimum atomic E-state index is -1.02. The lowest BCUT2D eigenvalue weighted by atomic mass is 10.1. The summed E-state index contributed by atoms with van der Waals surface area (Å²) in [6, 6.07) is 7.65. The van der Waals surface area contributed by atoms with Crippen molar-refractivity contribution in [2.45, 2.75) is 13.5 Å². The van der Waals surface area contributed by atoms with E-state index in [1.54, 1.807) is 6.33 Å². The van der Waals surface area contributed by atoms with Crippen molar-refractivity contribution in [3.8, 4) is 11.3 Å². The summed E-state index contributed by atoms with van der Waals surface area (Å²) in [6.45, 7) is 2.25. The van der Waals surface area contributed by atoms with E-state index in [0.717, 1.165) is 22.5 Å². The van der Waals surface area contributed by atoms with E-state index in [0.29, 0.717) is 6.54 Å². The average molecular weight is 231 g/mol. The number of nitrogens with one attached hydrogen (secondary N) is 2. The summed E-state index contributed by atoms with van der Waals surface area (Å²) in [5.74, 6) is 0. The molecule has 2 aromatic rings. The van der Waals surface area contributed by atoms with Crippen LogP contribution >= 0.6 is 0 Å². The maximum atomic E-state index is 10.4. The Kier molecular flexibility index (Phi) is 3.09. The summed E-state index contributed by atoms with van der Waals surface area (Å²) in [4.78, 5) is 17.7. The van der Waals surface area contributed by atoms with Gasteiger partial charge in [-0.25, -0.2) is 9.78 Å². The average Bonchev–Trinajstić information content (AvgIpc) is 2.73. The normalized spacial score (nSPS) is 10.2. The molecule has 0 radical (unpaired) electrons. The fourth-order valence-corrected chi connectivity index (χ4v) is 1.66. The van der Waals surface area contributed by atoms with E-state index in [1.807, 2.05) is 31.2 Å². The molecule has 1 aromatic carbocycles. The molecule has 0 aliphatic rings. The second kappa shape index (κ2) is 4.69. The van der Waals surface area contributed by atoms with E-state index in [4.69, 9.17) is 5.11 Å². The Hall–Kier alpha value is -2.30. The third-order valence-corrected chi connectivity index (χ3v) is 2.47. The molecule has 0 saturated heterocycles. The number of imidazole rings is 1. The van der Waals surface area contributed by atoms with Gasteiger partial charge in [0.05, 0.1) is 12.0 Å². The molecule has 0 spiro atoms. The molecule has 0 aliphatic heterocycles. The summed E-state index contributed by atoms with van der Waals surface area (Å²) in [5, 5.41) is 10.9. The summed E-state index contributed by atoms with van der Waals surface area (Å²) in [6.07, 6.45) is 0.624. The molecule has 17 heavy (non-hydrogen) atoms. The Balaban J connectivity index is 2.23. The largest absolute Gasteiger partial charge is 0.465 e. The quantitative estimate of drug-likeness (QED) is 0.757. The van der Waals surface area contributed by atoms with E-state index in [1.165, 1.54) is 0 Å². The van der Waals surface area contributed by atoms with E-state index in [-0.39, 0.29) is 0 Å². The summed E-state index contributed by atoms with van der Waals surface area (Å²) in [5.41, 5.74) is 3.77. The van der Waals surface area contributed by atoms with Gasteiger partial charge >= 0.3 is 6.09 Å². The molecular formula is C12H13N3O2. The maximum Gasteiger partial charge on any atom is 0.404 e. The van der Waals surface area contributed by atoms with Gasteiger partial charge in [0.2, 0.25) is 0 Å². The zero-order chi connectivity index (χ0) is 12.3. The third-order valence-electron chi connectivity index (χ3n) is 2.47. The Morgan fingerprint density at radius 2 is 2.35 bits per heavy atom. The van der Waals surface area contributed by atoms with Crippen molar-refractivity contribution in [2.24, 2.45) is 0 Å². The van der Waals surface area contributed by atoms with Gasteiger partial charge < -0.3 is 15.4 Å². The van der Waals surface area contributed by atoms with Crippen molar-refractivity contribution in [3.63, 3.8) is 0 Å². The van der Waals surface area contributed by atoms with Crippen LogP contribution in [0.3, 0.4) is 0 Å². The Labute approximate surface area is 98.5 Å². The van der Waals surface area contributed by atoms with E-state index >= 15 is 0 Å². The van der Waals surface area contributed by atoms with Gasteiger partial charge in [-0.1, -0.05) is 18.2 Å². The van der Waals surface area contributed by atoms with Crippen molar-refractivity contribution >= 4 is 6.09 Å². The Morgan fingerprint density at radius 1 is 1.53 bits per heavy atom. The zero-order valence-corrected chi connectivity index (χ0v) is 9.40. The van der Waals surface area contributed by atoms with Gasteiger partial charge in [0, 0.05) is 17.8 Å². The molecule has 5 heteroatoms. The van der Waals surface area contributed by atoms with Gasteiger partial charge in [0.15, 0.2) is 0 Å². The van der Waals surface area contributed by atoms with Crippen LogP contribution in [0.4, 0.5) is 4.79 Å². The fourth-order valence-electron chi connectivity index (χ4n) is 1.66. The highest BCUT2D eigenvalue weighted by Crippen LogP contribution is 2.20. The standard InChI is InChI=1S/C12H13N3O2/c1-8-11(15-7-14-8)10-4-2-3-9(5-10)6-13-12(16)17/h2-5,7,13H,6H2,1H3,(H,14,15)(H,16,17). The maximum absolute atomic E-state index is 10.4. The molecule has 1 amide bonds. The Morgan fingerprint density at radius 3 is 3.00 bits per heavy atom. The molecule has 1 heterocycles. The molecule has 0 bridgehead atoms. The molecule has 1 aromatic heterocycles. The number of aryl methyl sites for hydroxylation is 1. The van der Waals surface area contributed by atoms with Crippen LogP contribution in [0.5, 0.6) is 0 Å². The smallest absolute Gasteiger partial charge is 0.404 e. The number of carboxylic acid groups (broad SMARTS) is 1. The number of benzene rings is 1. The van der Waals surface area contributed by atoms with E-state index in [9.17, 15) is 4.79 Å². The van der Waals surface area contributed by atoms with Crippen LogP contribution in [0, 0.1) is 6.92 Å². The Bertz CT molecular complexity index is 534. The number of amides is 1. The number of hydrogen-bond donors (Lipinski definition) is 3. The van der Waals surface area contributed by atoms with Gasteiger partial charge in [-0.15, -0.1) is 0 Å². The van der Waals surface area contributed by atoms with E-state index < -0.39 is 6.09 Å². The van der Waals surface area contributed by atoms with Crippen LogP contribution in [0.25, 0.3) is 11.3 Å². The monoisotopic (exact) mass is 231 g/mol. The van der Waals surface area contributed by atoms with Gasteiger partial charge in [0.1, 0.15) is 0 Å². The third kappa shape index (κ3) is 2.63. The van der Waals surface area contributed by atoms with Crippen molar-refractivity contribution < 1.29 is 9.90 Å². The molecule has 5 nitrogen and oxygen atoms in total. The van der Waals surface area contributed by atoms with Gasteiger partial charge in [-0.2, -0.15) is 0 Å². The van der Waals surface area contributed by atoms with Gasteiger partial charge in [-0.3, -0.25) is 0 Å². The molecule has 0 atom stereocenters. The molecular weight excluding hydrogens is 218 g/mol. The molecule has 0 unspecified atom stereocenters. The molecule has 88 valence electrons. The highest BCUT2D eigenvalue weighted by molar-refractivity contribution is 5.65. The molecule has 0 aliphatic carbocycles. The van der Waals surface area contributed by atoms with E-state index in [2.05, 4.69) is 15.3 Å². The van der Waals surface area contributed by atoms with Crippen LogP contribution < -0.4 is 5.32 Å². The predicted octanol–water partition coefficient (Wildman–Crippen LogP) is 2.15. The first-order valence-electron chi connectivity index (χ1n) is 5.23. The van der Waals surface area contributed by atoms with Crippen molar-refractivity contribution in [1.82, 2.24) is 15.3 Å². The van der Waals surface area contributed by atoms with Crippen LogP contribution in [0.2, 0.25) is 0 Å². The van der Waals surface area contributed by atoms with Crippen LogP contribution in [-0.4, -0.2) is 21.2 Å². The van der Waals surface area contributed by atoms with Gasteiger partial charge in [-0.05, 0) is 18.6 Å². The predicted molar refractivity (Wildman–Crippen MR) is 63.6 cm³/mol. The minimum absolute atomic E-state index is 0.298. The van der Waals surface area contributed by atoms with Crippen molar-refractivity contribution in [1.29, 1.82) is 0 Å². The lowest BCUT2D eigenvalue weighted by molar-refractivity contribution is 0.194. The number of hydrogen-bond acceptors (Lipinski definition) is 2. The second-order valence-corrected chi connectivity index (χ2v) is 3.74. The topological polar surface area (TPSA) is 78.0 Å². The van der Waals surface area contributed by atoms with Crippen molar-refractivity contribution in [3.05, 3.63) is 41.9 Å². The highest BCUT2D eigenvalue weighted by Gasteiger charge is 2.05. The number of H-pyrrole nitrogens is 1. The fraction of sp³-hybridized carbons (Fsp3) is 0.167. The number of carbonyl (C=O) groups is 1. The molecule has 2 rings (SSSR count). The summed E-state index contributed by atoms with van der Waals surface area (Å²) >= 11 is 0. The number of aromatic nitrogens is 2. The lowest BCUT2D eigenvalue weighted by Crippen LogP contribution is -2.19. The first-order valence-corrected chi connectivity index (χ1v) is 5.23. The zero-order valence-electron chi connectivity index (χ0n) is 9.40.